The molecular weight excluding hydrogens is 231 g/mol. The van der Waals surface area contributed by atoms with Gasteiger partial charge < -0.3 is 4.52 Å². The molecule has 1 rings (SSSR count). The Morgan fingerprint density at radius 3 is 2.47 bits per heavy atom. The molecule has 1 aliphatic rings. The second-order valence-corrected chi connectivity index (χ2v) is 7.96. The molecular formula is C10H21O3PS. The summed E-state index contributed by atoms with van der Waals surface area (Å²) in [6, 6.07) is 0. The Morgan fingerprint density at radius 1 is 1.27 bits per heavy atom. The highest BCUT2D eigenvalue weighted by Crippen LogP contribution is 2.61. The molecule has 0 aliphatic heterocycles. The van der Waals surface area contributed by atoms with Crippen molar-refractivity contribution in [1.29, 1.82) is 0 Å². The molecule has 0 amide bonds. The van der Waals surface area contributed by atoms with Gasteiger partial charge >= 0.3 is 6.80 Å². The van der Waals surface area contributed by atoms with Crippen molar-refractivity contribution in [2.75, 3.05) is 12.4 Å². The summed E-state index contributed by atoms with van der Waals surface area (Å²) in [5.41, 5.74) is 0. The van der Waals surface area contributed by atoms with Crippen LogP contribution in [0.5, 0.6) is 0 Å². The summed E-state index contributed by atoms with van der Waals surface area (Å²) >= 11 is 1.31. The van der Waals surface area contributed by atoms with E-state index >= 15 is 0 Å². The predicted molar refractivity (Wildman–Crippen MR) is 65.3 cm³/mol. The highest BCUT2D eigenvalue weighted by Gasteiger charge is 2.29. The molecule has 1 saturated carbocycles. The smallest absolute Gasteiger partial charge is 0.301 e. The third kappa shape index (κ3) is 4.90. The van der Waals surface area contributed by atoms with Crippen molar-refractivity contribution < 1.29 is 13.6 Å². The number of rotatable bonds is 6. The lowest BCUT2D eigenvalue weighted by atomic mass is 9.98. The average molecular weight is 252 g/mol. The molecule has 0 saturated heterocycles. The fraction of sp³-hybridized carbons (Fsp3) is 1.00. The number of hydrogen-bond donors (Lipinski definition) is 0. The van der Waals surface area contributed by atoms with Crippen molar-refractivity contribution in [2.45, 2.75) is 52.1 Å². The molecule has 1 fully saturated rings. The third-order valence-electron chi connectivity index (χ3n) is 2.40. The Kier molecular flexibility index (Phi) is 6.28. The lowest BCUT2D eigenvalue weighted by molar-refractivity contribution is 0.129. The highest BCUT2D eigenvalue weighted by molar-refractivity contribution is 8.55. The Bertz CT molecular complexity index is 207. The molecule has 0 bridgehead atoms. The van der Waals surface area contributed by atoms with E-state index in [1.807, 2.05) is 13.8 Å². The minimum atomic E-state index is -2.87. The first kappa shape index (κ1) is 13.6. The van der Waals surface area contributed by atoms with Gasteiger partial charge in [0.2, 0.25) is 0 Å². The van der Waals surface area contributed by atoms with Crippen LogP contribution in [0.2, 0.25) is 0 Å². The third-order valence-corrected chi connectivity index (χ3v) is 6.41. The quantitative estimate of drug-likeness (QED) is 0.662. The zero-order chi connectivity index (χ0) is 11.1. The predicted octanol–water partition coefficient (Wildman–Crippen LogP) is 4.23. The molecule has 90 valence electrons. The zero-order valence-electron chi connectivity index (χ0n) is 9.61. The molecule has 1 unspecified atom stereocenters. The summed E-state index contributed by atoms with van der Waals surface area (Å²) in [6.07, 6.45) is 5.86. The van der Waals surface area contributed by atoms with Crippen molar-refractivity contribution in [2.24, 2.45) is 0 Å². The molecule has 1 atom stereocenters. The SMILES string of the molecule is CCOP(=O)(OC1CCCCC1)SCC. The fourth-order valence-corrected chi connectivity index (χ4v) is 5.21. The van der Waals surface area contributed by atoms with Gasteiger partial charge in [-0.1, -0.05) is 26.2 Å². The standard InChI is InChI=1S/C10H21O3PS/c1-3-12-14(11,15-4-2)13-10-8-6-5-7-9-10/h10H,3-9H2,1-2H3. The van der Waals surface area contributed by atoms with Crippen molar-refractivity contribution in [3.8, 4) is 0 Å². The van der Waals surface area contributed by atoms with Gasteiger partial charge in [-0.25, -0.2) is 4.57 Å². The number of hydrogen-bond acceptors (Lipinski definition) is 4. The Labute approximate surface area is 96.6 Å². The van der Waals surface area contributed by atoms with Crippen molar-refractivity contribution >= 4 is 18.2 Å². The van der Waals surface area contributed by atoms with E-state index in [0.717, 1.165) is 18.6 Å². The van der Waals surface area contributed by atoms with E-state index in [1.165, 1.54) is 30.6 Å². The van der Waals surface area contributed by atoms with Gasteiger partial charge in [0.05, 0.1) is 12.7 Å². The topological polar surface area (TPSA) is 35.5 Å². The van der Waals surface area contributed by atoms with Gasteiger partial charge in [-0.15, -0.1) is 0 Å². The van der Waals surface area contributed by atoms with E-state index in [9.17, 15) is 4.57 Å². The van der Waals surface area contributed by atoms with Gasteiger partial charge in [0, 0.05) is 5.75 Å². The van der Waals surface area contributed by atoms with Crippen LogP contribution < -0.4 is 0 Å². The first-order valence-electron chi connectivity index (χ1n) is 5.77. The van der Waals surface area contributed by atoms with Crippen LogP contribution in [0.3, 0.4) is 0 Å². The highest BCUT2D eigenvalue weighted by atomic mass is 32.7. The molecule has 0 heterocycles. The van der Waals surface area contributed by atoms with E-state index < -0.39 is 6.80 Å². The van der Waals surface area contributed by atoms with Crippen LogP contribution in [0.15, 0.2) is 0 Å². The molecule has 0 aromatic rings. The lowest BCUT2D eigenvalue weighted by Crippen LogP contribution is -2.15. The first-order chi connectivity index (χ1) is 7.20. The second-order valence-electron chi connectivity index (χ2n) is 3.65. The lowest BCUT2D eigenvalue weighted by Gasteiger charge is -2.26. The largest absolute Gasteiger partial charge is 0.389 e. The van der Waals surface area contributed by atoms with E-state index in [4.69, 9.17) is 9.05 Å². The molecule has 0 radical (unpaired) electrons. The van der Waals surface area contributed by atoms with Crippen molar-refractivity contribution in [3.05, 3.63) is 0 Å². The van der Waals surface area contributed by atoms with Crippen LogP contribution in [0, 0.1) is 0 Å². The van der Waals surface area contributed by atoms with Gasteiger partial charge in [-0.05, 0) is 31.1 Å². The maximum absolute atomic E-state index is 12.2. The Hall–Kier alpha value is 0.500. The first-order valence-corrected chi connectivity index (χ1v) is 8.91. The molecule has 0 aromatic carbocycles. The van der Waals surface area contributed by atoms with Crippen LogP contribution in [0.25, 0.3) is 0 Å². The van der Waals surface area contributed by atoms with Crippen LogP contribution in [-0.4, -0.2) is 18.5 Å². The average Bonchev–Trinajstić information content (AvgIpc) is 2.19. The van der Waals surface area contributed by atoms with Gasteiger partial charge in [-0.3, -0.25) is 4.52 Å². The van der Waals surface area contributed by atoms with Gasteiger partial charge in [0.1, 0.15) is 0 Å². The molecule has 0 aromatic heterocycles. The van der Waals surface area contributed by atoms with Crippen LogP contribution in [-0.2, 0) is 13.6 Å². The summed E-state index contributed by atoms with van der Waals surface area (Å²) in [6.45, 7) is 1.41. The molecule has 15 heavy (non-hydrogen) atoms. The summed E-state index contributed by atoms with van der Waals surface area (Å²) < 4.78 is 23.1. The molecule has 5 heteroatoms. The van der Waals surface area contributed by atoms with Crippen molar-refractivity contribution in [1.82, 2.24) is 0 Å². The molecule has 0 N–H and O–H groups in total. The Morgan fingerprint density at radius 2 is 1.93 bits per heavy atom. The van der Waals surface area contributed by atoms with Crippen LogP contribution in [0.4, 0.5) is 0 Å². The van der Waals surface area contributed by atoms with Crippen LogP contribution in [0.1, 0.15) is 46.0 Å². The van der Waals surface area contributed by atoms with Gasteiger partial charge in [0.15, 0.2) is 0 Å². The Balaban J connectivity index is 2.45. The maximum atomic E-state index is 12.2. The van der Waals surface area contributed by atoms with Crippen LogP contribution >= 0.6 is 18.2 Å². The summed E-state index contributed by atoms with van der Waals surface area (Å²) in [5.74, 6) is 0.768. The van der Waals surface area contributed by atoms with E-state index in [0.29, 0.717) is 6.61 Å². The molecule has 0 spiro atoms. The van der Waals surface area contributed by atoms with Gasteiger partial charge in [-0.2, -0.15) is 0 Å². The maximum Gasteiger partial charge on any atom is 0.389 e. The van der Waals surface area contributed by atoms with E-state index in [-0.39, 0.29) is 6.10 Å². The van der Waals surface area contributed by atoms with Gasteiger partial charge in [0.25, 0.3) is 0 Å². The zero-order valence-corrected chi connectivity index (χ0v) is 11.3. The molecule has 1 aliphatic carbocycles. The minimum Gasteiger partial charge on any atom is -0.301 e. The monoisotopic (exact) mass is 252 g/mol. The summed E-state index contributed by atoms with van der Waals surface area (Å²) in [4.78, 5) is 0. The van der Waals surface area contributed by atoms with Crippen molar-refractivity contribution in [3.63, 3.8) is 0 Å². The minimum absolute atomic E-state index is 0.148. The van der Waals surface area contributed by atoms with E-state index in [1.54, 1.807) is 0 Å². The molecule has 3 nitrogen and oxygen atoms in total. The fourth-order valence-electron chi connectivity index (χ4n) is 1.77. The summed E-state index contributed by atoms with van der Waals surface area (Å²) in [5, 5.41) is 0. The normalized spacial score (nSPS) is 22.5. The second kappa shape index (κ2) is 6.95. The summed E-state index contributed by atoms with van der Waals surface area (Å²) in [7, 11) is 0. The van der Waals surface area contributed by atoms with E-state index in [2.05, 4.69) is 0 Å².